The molecule has 0 unspecified atom stereocenters. The van der Waals surface area contributed by atoms with Gasteiger partial charge in [0.2, 0.25) is 0 Å². The first-order valence-electron chi connectivity index (χ1n) is 5.40. The molecular weight excluding hydrogens is 234 g/mol. The molecule has 0 fully saturated rings. The fourth-order valence-corrected chi connectivity index (χ4v) is 2.50. The van der Waals surface area contributed by atoms with Gasteiger partial charge in [0.15, 0.2) is 0 Å². The van der Waals surface area contributed by atoms with Gasteiger partial charge in [0, 0.05) is 5.56 Å². The van der Waals surface area contributed by atoms with E-state index in [-0.39, 0.29) is 4.88 Å². The van der Waals surface area contributed by atoms with Crippen molar-refractivity contribution in [3.05, 3.63) is 40.4 Å². The summed E-state index contributed by atoms with van der Waals surface area (Å²) in [5.41, 5.74) is 2.72. The quantitative estimate of drug-likeness (QED) is 0.832. The van der Waals surface area contributed by atoms with Gasteiger partial charge in [-0.15, -0.1) is 11.3 Å². The number of hydrogen-bond acceptors (Lipinski definition) is 4. The molecule has 0 aliphatic carbocycles. The Morgan fingerprint density at radius 1 is 1.35 bits per heavy atom. The Morgan fingerprint density at radius 2 is 2.00 bits per heavy atom. The molecule has 17 heavy (non-hydrogen) atoms. The molecule has 0 radical (unpaired) electrons. The molecule has 0 saturated heterocycles. The zero-order valence-corrected chi connectivity index (χ0v) is 10.5. The van der Waals surface area contributed by atoms with Crippen LogP contribution in [0.5, 0.6) is 0 Å². The molecule has 88 valence electrons. The van der Waals surface area contributed by atoms with Crippen LogP contribution in [0.15, 0.2) is 24.3 Å². The zero-order chi connectivity index (χ0) is 12.4. The lowest BCUT2D eigenvalue weighted by molar-refractivity contribution is -0.254. The minimum absolute atomic E-state index is 0.208. The normalized spacial score (nSPS) is 10.5. The highest BCUT2D eigenvalue weighted by Crippen LogP contribution is 2.27. The molecule has 4 heteroatoms. The van der Waals surface area contributed by atoms with Crippen molar-refractivity contribution in [1.82, 2.24) is 4.98 Å². The second kappa shape index (κ2) is 4.67. The van der Waals surface area contributed by atoms with Crippen LogP contribution >= 0.6 is 11.3 Å². The second-order valence-corrected chi connectivity index (χ2v) is 4.77. The van der Waals surface area contributed by atoms with E-state index in [1.165, 1.54) is 5.56 Å². The Bertz CT molecular complexity index is 543. The van der Waals surface area contributed by atoms with Crippen LogP contribution in [0.1, 0.15) is 27.9 Å². The van der Waals surface area contributed by atoms with Crippen LogP contribution in [0, 0.1) is 6.92 Å². The smallest absolute Gasteiger partial charge is 0.124 e. The van der Waals surface area contributed by atoms with Crippen LogP contribution in [0.4, 0.5) is 0 Å². The number of hydrogen-bond donors (Lipinski definition) is 0. The molecule has 0 amide bonds. The summed E-state index contributed by atoms with van der Waals surface area (Å²) in [5.74, 6) is -1.16. The number of carboxylic acids is 1. The van der Waals surface area contributed by atoms with Crippen LogP contribution < -0.4 is 5.11 Å². The van der Waals surface area contributed by atoms with Gasteiger partial charge in [-0.1, -0.05) is 31.2 Å². The van der Waals surface area contributed by atoms with Gasteiger partial charge in [-0.2, -0.15) is 0 Å². The van der Waals surface area contributed by atoms with Crippen LogP contribution in [0.2, 0.25) is 0 Å². The van der Waals surface area contributed by atoms with Crippen LogP contribution in [0.3, 0.4) is 0 Å². The third-order valence-electron chi connectivity index (χ3n) is 2.59. The average Bonchev–Trinajstić information content (AvgIpc) is 2.71. The topological polar surface area (TPSA) is 53.0 Å². The summed E-state index contributed by atoms with van der Waals surface area (Å²) in [6.07, 6.45) is 0.988. The van der Waals surface area contributed by atoms with E-state index >= 15 is 0 Å². The van der Waals surface area contributed by atoms with E-state index in [0.717, 1.165) is 28.3 Å². The van der Waals surface area contributed by atoms with Gasteiger partial charge in [0.1, 0.15) is 5.01 Å². The summed E-state index contributed by atoms with van der Waals surface area (Å²) in [7, 11) is 0. The molecule has 0 bridgehead atoms. The molecule has 0 atom stereocenters. The zero-order valence-electron chi connectivity index (χ0n) is 9.69. The molecular formula is C13H12NO2S-. The number of rotatable bonds is 3. The molecule has 1 aromatic heterocycles. The molecule has 0 saturated carbocycles. The van der Waals surface area contributed by atoms with E-state index in [0.29, 0.717) is 5.69 Å². The molecule has 1 heterocycles. The number of carboxylic acid groups (broad SMARTS) is 1. The standard InChI is InChI=1S/C13H13NO2S/c1-3-9-4-6-10(7-5-9)12-14-8(2)11(17-12)13(15)16/h4-7H,3H2,1-2H3,(H,15,16)/p-1. The van der Waals surface area contributed by atoms with E-state index in [1.54, 1.807) is 6.92 Å². The second-order valence-electron chi connectivity index (χ2n) is 3.77. The van der Waals surface area contributed by atoms with Crippen molar-refractivity contribution in [2.75, 3.05) is 0 Å². The first kappa shape index (κ1) is 11.8. The average molecular weight is 246 g/mol. The van der Waals surface area contributed by atoms with Gasteiger partial charge in [-0.3, -0.25) is 0 Å². The third-order valence-corrected chi connectivity index (χ3v) is 3.78. The largest absolute Gasteiger partial charge is 0.544 e. The number of thiazole rings is 1. The summed E-state index contributed by atoms with van der Waals surface area (Å²) >= 11 is 1.16. The Morgan fingerprint density at radius 3 is 2.47 bits per heavy atom. The lowest BCUT2D eigenvalue weighted by atomic mass is 10.1. The van der Waals surface area contributed by atoms with Crippen molar-refractivity contribution in [1.29, 1.82) is 0 Å². The summed E-state index contributed by atoms with van der Waals surface area (Å²) < 4.78 is 0. The molecule has 0 spiro atoms. The van der Waals surface area contributed by atoms with Crippen molar-refractivity contribution in [2.45, 2.75) is 20.3 Å². The minimum atomic E-state index is -1.16. The summed E-state index contributed by atoms with van der Waals surface area (Å²) in [4.78, 5) is 15.3. The van der Waals surface area contributed by atoms with Crippen molar-refractivity contribution >= 4 is 17.3 Å². The molecule has 3 nitrogen and oxygen atoms in total. The van der Waals surface area contributed by atoms with Crippen molar-refractivity contribution in [3.8, 4) is 10.6 Å². The Hall–Kier alpha value is -1.68. The van der Waals surface area contributed by atoms with Gasteiger partial charge in [0.05, 0.1) is 16.5 Å². The van der Waals surface area contributed by atoms with E-state index in [2.05, 4.69) is 11.9 Å². The Labute approximate surface area is 104 Å². The van der Waals surface area contributed by atoms with Gasteiger partial charge in [0.25, 0.3) is 0 Å². The molecule has 1 aromatic carbocycles. The van der Waals surface area contributed by atoms with Gasteiger partial charge < -0.3 is 9.90 Å². The van der Waals surface area contributed by atoms with Crippen molar-refractivity contribution < 1.29 is 9.90 Å². The molecule has 0 N–H and O–H groups in total. The number of aryl methyl sites for hydroxylation is 2. The molecule has 0 aliphatic heterocycles. The fraction of sp³-hybridized carbons (Fsp3) is 0.231. The van der Waals surface area contributed by atoms with Crippen molar-refractivity contribution in [3.63, 3.8) is 0 Å². The number of carbonyl (C=O) groups excluding carboxylic acids is 1. The van der Waals surface area contributed by atoms with Crippen molar-refractivity contribution in [2.24, 2.45) is 0 Å². The van der Waals surface area contributed by atoms with Gasteiger partial charge in [-0.05, 0) is 18.9 Å². The highest BCUT2D eigenvalue weighted by molar-refractivity contribution is 7.17. The highest BCUT2D eigenvalue weighted by Gasteiger charge is 2.09. The van der Waals surface area contributed by atoms with Crippen LogP contribution in [-0.2, 0) is 6.42 Å². The van der Waals surface area contributed by atoms with E-state index in [1.807, 2.05) is 24.3 Å². The number of carbonyl (C=O) groups is 1. The van der Waals surface area contributed by atoms with Gasteiger partial charge >= 0.3 is 0 Å². The number of benzene rings is 1. The predicted molar refractivity (Wildman–Crippen MR) is 66.0 cm³/mol. The lowest BCUT2D eigenvalue weighted by Gasteiger charge is -1.98. The van der Waals surface area contributed by atoms with Crippen LogP contribution in [0.25, 0.3) is 10.6 Å². The molecule has 0 aliphatic rings. The summed E-state index contributed by atoms with van der Waals surface area (Å²) in [6.45, 7) is 3.78. The van der Waals surface area contributed by atoms with E-state index < -0.39 is 5.97 Å². The number of aromatic nitrogens is 1. The first-order valence-corrected chi connectivity index (χ1v) is 6.21. The number of nitrogens with zero attached hydrogens (tertiary/aromatic N) is 1. The van der Waals surface area contributed by atoms with E-state index in [9.17, 15) is 9.90 Å². The SMILES string of the molecule is CCc1ccc(-c2nc(C)c(C(=O)[O-])s2)cc1. The summed E-state index contributed by atoms with van der Waals surface area (Å²) in [5, 5.41) is 11.6. The maximum atomic E-state index is 10.8. The maximum Gasteiger partial charge on any atom is 0.124 e. The van der Waals surface area contributed by atoms with E-state index in [4.69, 9.17) is 0 Å². The van der Waals surface area contributed by atoms with Crippen LogP contribution in [-0.4, -0.2) is 11.0 Å². The Balaban J connectivity index is 2.39. The maximum absolute atomic E-state index is 10.8. The Kier molecular flexibility index (Phi) is 3.24. The number of aromatic carboxylic acids is 1. The molecule has 2 rings (SSSR count). The predicted octanol–water partition coefficient (Wildman–Crippen LogP) is 2.04. The third kappa shape index (κ3) is 2.36. The summed E-state index contributed by atoms with van der Waals surface area (Å²) in [6, 6.07) is 8.00. The first-order chi connectivity index (χ1) is 8.11. The minimum Gasteiger partial charge on any atom is -0.544 e. The molecule has 2 aromatic rings. The monoisotopic (exact) mass is 246 g/mol. The lowest BCUT2D eigenvalue weighted by Crippen LogP contribution is -2.21. The fourth-order valence-electron chi connectivity index (χ4n) is 1.59. The highest BCUT2D eigenvalue weighted by atomic mass is 32.1. The van der Waals surface area contributed by atoms with Gasteiger partial charge in [-0.25, -0.2) is 4.98 Å².